The molecule has 0 amide bonds. The summed E-state index contributed by atoms with van der Waals surface area (Å²) in [4.78, 5) is 3.97. The Morgan fingerprint density at radius 1 is 1.75 bits per heavy atom. The molecule has 0 saturated heterocycles. The van der Waals surface area contributed by atoms with Gasteiger partial charge >= 0.3 is 0 Å². The maximum atomic E-state index is 3.97. The van der Waals surface area contributed by atoms with E-state index < -0.39 is 0 Å². The number of aliphatic imine (C=N–C) groups is 1. The summed E-state index contributed by atoms with van der Waals surface area (Å²) in [5.74, 6) is 0. The van der Waals surface area contributed by atoms with Crippen LogP contribution in [-0.4, -0.2) is 12.8 Å². The van der Waals surface area contributed by atoms with Crippen LogP contribution in [0.2, 0.25) is 0 Å². The standard InChI is InChI=1S/C7H12N/c1-4-8-6-5-7(2)3/h5-6H,2,4H2,1,3H3. The summed E-state index contributed by atoms with van der Waals surface area (Å²) in [7, 11) is 0. The molecule has 0 aromatic rings. The third-order valence-electron chi connectivity index (χ3n) is 0.647. The van der Waals surface area contributed by atoms with Crippen LogP contribution in [0, 0.1) is 6.92 Å². The molecule has 0 aromatic heterocycles. The van der Waals surface area contributed by atoms with E-state index in [1.54, 1.807) is 6.21 Å². The van der Waals surface area contributed by atoms with E-state index in [1.807, 2.05) is 19.9 Å². The highest BCUT2D eigenvalue weighted by Gasteiger charge is 1.68. The maximum absolute atomic E-state index is 3.97. The molecule has 1 radical (unpaired) electrons. The molecule has 0 fully saturated rings. The van der Waals surface area contributed by atoms with E-state index in [1.165, 1.54) is 0 Å². The highest BCUT2D eigenvalue weighted by Crippen LogP contribution is 1.82. The first-order valence-electron chi connectivity index (χ1n) is 2.76. The van der Waals surface area contributed by atoms with Crippen molar-refractivity contribution in [2.75, 3.05) is 6.54 Å². The summed E-state index contributed by atoms with van der Waals surface area (Å²) in [6.07, 6.45) is 3.67. The lowest BCUT2D eigenvalue weighted by molar-refractivity contribution is 1.14. The van der Waals surface area contributed by atoms with Gasteiger partial charge in [-0.05, 0) is 26.8 Å². The van der Waals surface area contributed by atoms with Gasteiger partial charge in [-0.3, -0.25) is 4.99 Å². The van der Waals surface area contributed by atoms with Crippen molar-refractivity contribution in [2.24, 2.45) is 4.99 Å². The second kappa shape index (κ2) is 4.57. The predicted molar refractivity (Wildman–Crippen MR) is 38.1 cm³/mol. The van der Waals surface area contributed by atoms with Gasteiger partial charge in [-0.15, -0.1) is 0 Å². The Hall–Kier alpha value is -0.590. The summed E-state index contributed by atoms with van der Waals surface area (Å²) in [5, 5.41) is 0. The Morgan fingerprint density at radius 3 is 2.75 bits per heavy atom. The molecule has 0 aliphatic rings. The molecule has 0 N–H and O–H groups in total. The third kappa shape index (κ3) is 5.41. The van der Waals surface area contributed by atoms with E-state index in [2.05, 4.69) is 11.9 Å². The molecule has 0 heterocycles. The molecule has 1 heteroatoms. The van der Waals surface area contributed by atoms with Crippen LogP contribution in [0.5, 0.6) is 0 Å². The normalized spacial score (nSPS) is 13.1. The molecule has 0 atom stereocenters. The number of nitrogens with zero attached hydrogens (tertiary/aromatic N) is 1. The zero-order chi connectivity index (χ0) is 6.41. The average molecular weight is 110 g/mol. The van der Waals surface area contributed by atoms with Crippen molar-refractivity contribution in [2.45, 2.75) is 13.8 Å². The Kier molecular flexibility index (Phi) is 4.23. The van der Waals surface area contributed by atoms with Gasteiger partial charge < -0.3 is 0 Å². The number of hydrogen-bond acceptors (Lipinski definition) is 1. The van der Waals surface area contributed by atoms with Crippen molar-refractivity contribution in [1.29, 1.82) is 0 Å². The predicted octanol–water partition coefficient (Wildman–Crippen LogP) is 1.86. The van der Waals surface area contributed by atoms with Crippen molar-refractivity contribution in [3.05, 3.63) is 18.6 Å². The van der Waals surface area contributed by atoms with Gasteiger partial charge in [0.25, 0.3) is 0 Å². The van der Waals surface area contributed by atoms with Crippen LogP contribution in [0.1, 0.15) is 13.8 Å². The third-order valence-corrected chi connectivity index (χ3v) is 0.647. The molecule has 8 heavy (non-hydrogen) atoms. The van der Waals surface area contributed by atoms with Gasteiger partial charge in [-0.1, -0.05) is 5.57 Å². The van der Waals surface area contributed by atoms with Gasteiger partial charge in [0.2, 0.25) is 0 Å². The van der Waals surface area contributed by atoms with Crippen LogP contribution in [0.4, 0.5) is 0 Å². The van der Waals surface area contributed by atoms with Crippen LogP contribution >= 0.6 is 0 Å². The zero-order valence-electron chi connectivity index (χ0n) is 5.52. The Balaban J connectivity index is 3.42. The molecule has 1 nitrogen and oxygen atoms in total. The van der Waals surface area contributed by atoms with Gasteiger partial charge in [-0.25, -0.2) is 0 Å². The van der Waals surface area contributed by atoms with E-state index >= 15 is 0 Å². The van der Waals surface area contributed by atoms with E-state index in [-0.39, 0.29) is 0 Å². The molecule has 0 aliphatic carbocycles. The second-order valence-electron chi connectivity index (χ2n) is 1.66. The molecule has 0 aliphatic heterocycles. The molecular weight excluding hydrogens is 98.1 g/mol. The van der Waals surface area contributed by atoms with E-state index in [0.717, 1.165) is 12.1 Å². The molecule has 45 valence electrons. The van der Waals surface area contributed by atoms with Crippen LogP contribution in [0.25, 0.3) is 0 Å². The lowest BCUT2D eigenvalue weighted by Crippen LogP contribution is -1.70. The topological polar surface area (TPSA) is 12.4 Å². The molecule has 0 rings (SSSR count). The van der Waals surface area contributed by atoms with Crippen molar-refractivity contribution in [1.82, 2.24) is 0 Å². The monoisotopic (exact) mass is 110 g/mol. The summed E-state index contributed by atoms with van der Waals surface area (Å²) < 4.78 is 0. The summed E-state index contributed by atoms with van der Waals surface area (Å²) >= 11 is 0. The van der Waals surface area contributed by atoms with Gasteiger partial charge in [0.1, 0.15) is 0 Å². The van der Waals surface area contributed by atoms with Crippen LogP contribution in [0.3, 0.4) is 0 Å². The Morgan fingerprint density at radius 2 is 2.38 bits per heavy atom. The van der Waals surface area contributed by atoms with Crippen molar-refractivity contribution >= 4 is 6.21 Å². The maximum Gasteiger partial charge on any atom is 0.0360 e. The van der Waals surface area contributed by atoms with Crippen molar-refractivity contribution in [3.63, 3.8) is 0 Å². The van der Waals surface area contributed by atoms with Crippen LogP contribution < -0.4 is 0 Å². The summed E-state index contributed by atoms with van der Waals surface area (Å²) in [6.45, 7) is 8.48. The smallest absolute Gasteiger partial charge is 0.0360 e. The van der Waals surface area contributed by atoms with Gasteiger partial charge in [-0.2, -0.15) is 0 Å². The first-order valence-corrected chi connectivity index (χ1v) is 2.76. The summed E-state index contributed by atoms with van der Waals surface area (Å²) in [5.41, 5.74) is 1.04. The van der Waals surface area contributed by atoms with Gasteiger partial charge in [0.05, 0.1) is 0 Å². The molecule has 0 saturated carbocycles. The molecular formula is C7H12N. The first kappa shape index (κ1) is 7.41. The Bertz CT molecular complexity index is 97.0. The minimum absolute atomic E-state index is 0.851. The quantitative estimate of drug-likeness (QED) is 0.481. The first-order chi connectivity index (χ1) is 3.77. The van der Waals surface area contributed by atoms with Crippen molar-refractivity contribution in [3.8, 4) is 0 Å². The van der Waals surface area contributed by atoms with E-state index in [9.17, 15) is 0 Å². The van der Waals surface area contributed by atoms with Gasteiger partial charge in [0.15, 0.2) is 0 Å². The Labute approximate surface area is 51.1 Å². The number of rotatable bonds is 2. The van der Waals surface area contributed by atoms with Crippen molar-refractivity contribution < 1.29 is 0 Å². The highest BCUT2D eigenvalue weighted by atomic mass is 14.7. The fourth-order valence-electron chi connectivity index (χ4n) is 0.285. The molecule has 0 bridgehead atoms. The zero-order valence-corrected chi connectivity index (χ0v) is 5.52. The second-order valence-corrected chi connectivity index (χ2v) is 1.66. The largest absolute Gasteiger partial charge is 0.293 e. The average Bonchev–Trinajstić information content (AvgIpc) is 1.66. The lowest BCUT2D eigenvalue weighted by atomic mass is 10.3. The fourth-order valence-corrected chi connectivity index (χ4v) is 0.285. The SMILES string of the molecule is [CH2]C(C)=CC=NCC. The molecule has 0 aromatic carbocycles. The number of hydrogen-bond donors (Lipinski definition) is 0. The van der Waals surface area contributed by atoms with Crippen LogP contribution in [-0.2, 0) is 0 Å². The minimum atomic E-state index is 0.851. The fraction of sp³-hybridized carbons (Fsp3) is 0.429. The lowest BCUT2D eigenvalue weighted by Gasteiger charge is -1.79. The van der Waals surface area contributed by atoms with Crippen LogP contribution in [0.15, 0.2) is 16.6 Å². The molecule has 0 spiro atoms. The summed E-state index contributed by atoms with van der Waals surface area (Å²) in [6, 6.07) is 0. The molecule has 0 unspecified atom stereocenters. The van der Waals surface area contributed by atoms with E-state index in [0.29, 0.717) is 0 Å². The minimum Gasteiger partial charge on any atom is -0.293 e. The highest BCUT2D eigenvalue weighted by molar-refractivity contribution is 5.72. The van der Waals surface area contributed by atoms with Gasteiger partial charge in [0, 0.05) is 12.8 Å². The van der Waals surface area contributed by atoms with E-state index in [4.69, 9.17) is 0 Å². The number of allylic oxidation sites excluding steroid dienone is 2.